The van der Waals surface area contributed by atoms with E-state index in [2.05, 4.69) is 19.7 Å². The van der Waals surface area contributed by atoms with Crippen LogP contribution in [0, 0.1) is 6.92 Å². The van der Waals surface area contributed by atoms with Crippen molar-refractivity contribution in [3.05, 3.63) is 88.0 Å². The minimum atomic E-state index is -0.626. The zero-order valence-corrected chi connectivity index (χ0v) is 23.3. The Bertz CT molecular complexity index is 1600. The van der Waals surface area contributed by atoms with Gasteiger partial charge in [0, 0.05) is 73.4 Å². The van der Waals surface area contributed by atoms with Crippen molar-refractivity contribution in [2.24, 2.45) is 0 Å². The topological polar surface area (TPSA) is 89.7 Å². The molecule has 1 saturated heterocycles. The lowest BCUT2D eigenvalue weighted by Gasteiger charge is -2.44. The number of hydrogen-bond acceptors (Lipinski definition) is 7. The number of Topliss-reactive ketones (excluding diaryl/α,β-unsaturated/α-hetero) is 1. The van der Waals surface area contributed by atoms with Crippen LogP contribution in [0.15, 0.2) is 60.6 Å². The van der Waals surface area contributed by atoms with Crippen molar-refractivity contribution < 1.29 is 19.4 Å². The summed E-state index contributed by atoms with van der Waals surface area (Å²) in [6.45, 7) is 6.51. The molecule has 0 saturated carbocycles. The molecule has 1 fully saturated rings. The molecule has 1 aliphatic carbocycles. The lowest BCUT2D eigenvalue weighted by molar-refractivity contribution is -0.0839. The largest absolute Gasteiger partial charge is 0.485 e. The number of hydrogen-bond donors (Lipinski definition) is 1. The predicted octanol–water partition coefficient (Wildman–Crippen LogP) is 5.09. The third-order valence-electron chi connectivity index (χ3n) is 7.47. The smallest absolute Gasteiger partial charge is 0.238 e. The predicted molar refractivity (Wildman–Crippen MR) is 154 cm³/mol. The summed E-state index contributed by atoms with van der Waals surface area (Å²) in [6.07, 6.45) is 6.86. The number of nitrogens with zero attached hydrogens (tertiary/aromatic N) is 4. The van der Waals surface area contributed by atoms with Crippen LogP contribution in [0.2, 0.25) is 5.02 Å². The van der Waals surface area contributed by atoms with E-state index in [0.717, 1.165) is 39.9 Å². The quantitative estimate of drug-likeness (QED) is 0.286. The number of likely N-dealkylation sites (tertiary alicyclic amines) is 1. The van der Waals surface area contributed by atoms with Crippen molar-refractivity contribution in [1.82, 2.24) is 19.7 Å². The van der Waals surface area contributed by atoms with Crippen molar-refractivity contribution in [3.8, 4) is 11.6 Å². The molecule has 9 heteroatoms. The molecule has 2 aromatic carbocycles. The number of aryl methyl sites for hydroxylation is 1. The minimum absolute atomic E-state index is 0.0575. The number of fused-ring (bicyclic) bond motifs is 2. The Hall–Kier alpha value is -3.72. The van der Waals surface area contributed by atoms with Crippen LogP contribution in [0.1, 0.15) is 40.5 Å². The van der Waals surface area contributed by atoms with Gasteiger partial charge >= 0.3 is 0 Å². The van der Waals surface area contributed by atoms with Crippen LogP contribution in [-0.4, -0.2) is 62.4 Å². The number of β-amino-alcohol motifs (C(OH)–C–C–N with tert-alkyl or cyclic N) is 1. The van der Waals surface area contributed by atoms with Crippen molar-refractivity contribution in [3.63, 3.8) is 0 Å². The van der Waals surface area contributed by atoms with E-state index in [9.17, 15) is 9.90 Å². The van der Waals surface area contributed by atoms with E-state index in [1.165, 1.54) is 0 Å². The Labute approximate surface area is 237 Å². The van der Waals surface area contributed by atoms with Crippen LogP contribution in [0.3, 0.4) is 0 Å². The summed E-state index contributed by atoms with van der Waals surface area (Å²) in [5.41, 5.74) is 2.95. The molecule has 0 unspecified atom stereocenters. The lowest BCUT2D eigenvalue weighted by Crippen LogP contribution is -2.60. The summed E-state index contributed by atoms with van der Waals surface area (Å²) in [7, 11) is 0. The van der Waals surface area contributed by atoms with Gasteiger partial charge < -0.3 is 19.1 Å². The normalized spacial score (nSPS) is 16.2. The second-order valence-electron chi connectivity index (χ2n) is 10.9. The third kappa shape index (κ3) is 5.61. The molecule has 0 bridgehead atoms. The fourth-order valence-corrected chi connectivity index (χ4v) is 5.75. The Morgan fingerprint density at radius 3 is 2.75 bits per heavy atom. The SMILES string of the molecule is Cc1cc2cc(Cl)ccc2cc1OCC(=O)c1cn(CCN2CC(C)(O)C2)c2c1CCC(Oc1cccnn1)=C2. The van der Waals surface area contributed by atoms with Gasteiger partial charge in [-0.1, -0.05) is 17.7 Å². The average molecular weight is 559 g/mol. The molecule has 0 amide bonds. The molecule has 2 aromatic heterocycles. The number of ketones is 1. The van der Waals surface area contributed by atoms with Gasteiger partial charge in [0.25, 0.3) is 0 Å². The summed E-state index contributed by atoms with van der Waals surface area (Å²) in [6, 6.07) is 13.3. The first kappa shape index (κ1) is 26.5. The van der Waals surface area contributed by atoms with Crippen LogP contribution < -0.4 is 9.47 Å². The van der Waals surface area contributed by atoms with E-state index in [1.807, 2.05) is 56.5 Å². The van der Waals surface area contributed by atoms with E-state index in [4.69, 9.17) is 21.1 Å². The molecular weight excluding hydrogens is 528 g/mol. The molecule has 40 heavy (non-hydrogen) atoms. The average Bonchev–Trinajstić information content (AvgIpc) is 3.28. The zero-order chi connectivity index (χ0) is 27.9. The van der Waals surface area contributed by atoms with E-state index in [0.29, 0.717) is 54.7 Å². The third-order valence-corrected chi connectivity index (χ3v) is 7.71. The number of aliphatic hydroxyl groups is 1. The molecule has 0 radical (unpaired) electrons. The van der Waals surface area contributed by atoms with Gasteiger partial charge in [-0.05, 0) is 72.5 Å². The van der Waals surface area contributed by atoms with E-state index in [-0.39, 0.29) is 12.4 Å². The molecule has 4 aromatic rings. The Morgan fingerprint density at radius 1 is 1.12 bits per heavy atom. The van der Waals surface area contributed by atoms with E-state index >= 15 is 0 Å². The van der Waals surface area contributed by atoms with Gasteiger partial charge in [-0.3, -0.25) is 9.69 Å². The van der Waals surface area contributed by atoms with Crippen LogP contribution in [-0.2, 0) is 13.0 Å². The van der Waals surface area contributed by atoms with Crippen molar-refractivity contribution in [2.75, 3.05) is 26.2 Å². The second-order valence-corrected chi connectivity index (χ2v) is 11.3. The maximum Gasteiger partial charge on any atom is 0.238 e. The second kappa shape index (κ2) is 10.7. The standard InChI is InChI=1S/C31H31ClN4O4/c1-20-12-22-13-23(32)6-5-21(22)14-29(20)39-17-28(37)26-16-36(11-10-35-18-31(2,38)19-35)27-15-24(7-8-25(26)27)40-30-4-3-9-33-34-30/h3-6,9,12-16,38H,7-8,10-11,17-19H2,1-2H3. The van der Waals surface area contributed by atoms with Crippen molar-refractivity contribution >= 4 is 34.2 Å². The number of carbonyl (C=O) groups is 1. The first-order valence-corrected chi connectivity index (χ1v) is 13.8. The van der Waals surface area contributed by atoms with Gasteiger partial charge in [0.2, 0.25) is 11.7 Å². The fourth-order valence-electron chi connectivity index (χ4n) is 5.56. The number of ether oxygens (including phenoxy) is 2. The summed E-state index contributed by atoms with van der Waals surface area (Å²) < 4.78 is 14.2. The summed E-state index contributed by atoms with van der Waals surface area (Å²) in [5, 5.41) is 20.8. The molecule has 0 spiro atoms. The fraction of sp³-hybridized carbons (Fsp3) is 0.323. The van der Waals surface area contributed by atoms with Gasteiger partial charge in [-0.2, -0.15) is 5.10 Å². The van der Waals surface area contributed by atoms with Gasteiger partial charge in [-0.15, -0.1) is 5.10 Å². The first-order valence-electron chi connectivity index (χ1n) is 13.4. The Morgan fingerprint density at radius 2 is 1.98 bits per heavy atom. The molecular formula is C31H31ClN4O4. The number of benzene rings is 2. The highest BCUT2D eigenvalue weighted by Crippen LogP contribution is 2.32. The Balaban J connectivity index is 1.23. The molecule has 6 rings (SSSR count). The molecule has 8 nitrogen and oxygen atoms in total. The number of allylic oxidation sites excluding steroid dienone is 1. The number of rotatable bonds is 9. The van der Waals surface area contributed by atoms with Crippen molar-refractivity contribution in [2.45, 2.75) is 38.8 Å². The zero-order valence-electron chi connectivity index (χ0n) is 22.6. The van der Waals surface area contributed by atoms with Gasteiger partial charge in [0.05, 0.1) is 5.60 Å². The summed E-state index contributed by atoms with van der Waals surface area (Å²) in [4.78, 5) is 15.7. The van der Waals surface area contributed by atoms with E-state index < -0.39 is 5.60 Å². The molecule has 2 aliphatic rings. The molecule has 3 heterocycles. The number of carbonyl (C=O) groups excluding carboxylic acids is 1. The van der Waals surface area contributed by atoms with E-state index in [1.54, 1.807) is 18.3 Å². The highest BCUT2D eigenvalue weighted by Gasteiger charge is 2.36. The van der Waals surface area contributed by atoms with Gasteiger partial charge in [0.1, 0.15) is 11.5 Å². The molecule has 206 valence electrons. The Kier molecular flexibility index (Phi) is 7.08. The van der Waals surface area contributed by atoms with Crippen LogP contribution in [0.4, 0.5) is 0 Å². The van der Waals surface area contributed by atoms with Crippen LogP contribution in [0.5, 0.6) is 11.6 Å². The van der Waals surface area contributed by atoms with Crippen LogP contribution >= 0.6 is 11.6 Å². The van der Waals surface area contributed by atoms with Gasteiger partial charge in [-0.25, -0.2) is 0 Å². The van der Waals surface area contributed by atoms with Gasteiger partial charge in [0.15, 0.2) is 6.61 Å². The minimum Gasteiger partial charge on any atom is -0.485 e. The molecule has 1 aliphatic heterocycles. The maximum absolute atomic E-state index is 13.5. The maximum atomic E-state index is 13.5. The summed E-state index contributed by atoms with van der Waals surface area (Å²) in [5.74, 6) is 1.84. The number of halogens is 1. The first-order chi connectivity index (χ1) is 19.2. The van der Waals surface area contributed by atoms with Crippen molar-refractivity contribution in [1.29, 1.82) is 0 Å². The summed E-state index contributed by atoms with van der Waals surface area (Å²) >= 11 is 6.15. The monoisotopic (exact) mass is 558 g/mol. The highest BCUT2D eigenvalue weighted by molar-refractivity contribution is 6.31. The molecule has 0 atom stereocenters. The lowest BCUT2D eigenvalue weighted by atomic mass is 9.97. The highest BCUT2D eigenvalue weighted by atomic mass is 35.5. The van der Waals surface area contributed by atoms with Crippen LogP contribution in [0.25, 0.3) is 16.8 Å². The number of aromatic nitrogens is 3. The molecule has 1 N–H and O–H groups in total.